The fourth-order valence-corrected chi connectivity index (χ4v) is 5.53. The molecule has 0 heterocycles. The van der Waals surface area contributed by atoms with Gasteiger partial charge in [-0.2, -0.15) is 0 Å². The summed E-state index contributed by atoms with van der Waals surface area (Å²) in [6, 6.07) is 18.9. The van der Waals surface area contributed by atoms with Crippen molar-refractivity contribution >= 4 is 39.1 Å². The maximum Gasteiger partial charge on any atom is 0.264 e. The molecular weight excluding hydrogens is 550 g/mol. The molecule has 0 aliphatic carbocycles. The van der Waals surface area contributed by atoms with E-state index in [-0.39, 0.29) is 29.1 Å². The number of carbonyl (C=O) groups is 2. The van der Waals surface area contributed by atoms with Crippen LogP contribution in [-0.2, 0) is 26.2 Å². The number of methoxy groups -OCH3 is 1. The average Bonchev–Trinajstić information content (AvgIpc) is 2.94. The van der Waals surface area contributed by atoms with Crippen molar-refractivity contribution in [3.05, 3.63) is 88.9 Å². The second kappa shape index (κ2) is 13.7. The van der Waals surface area contributed by atoms with Crippen LogP contribution in [0.3, 0.4) is 0 Å². The molecule has 40 heavy (non-hydrogen) atoms. The van der Waals surface area contributed by atoms with Gasteiger partial charge in [-0.1, -0.05) is 48.4 Å². The van der Waals surface area contributed by atoms with Crippen LogP contribution in [0.25, 0.3) is 0 Å². The van der Waals surface area contributed by atoms with Crippen molar-refractivity contribution in [1.82, 2.24) is 10.2 Å². The summed E-state index contributed by atoms with van der Waals surface area (Å²) in [6.45, 7) is 6.88. The Morgan fingerprint density at radius 1 is 1.00 bits per heavy atom. The number of hydrogen-bond donors (Lipinski definition) is 1. The van der Waals surface area contributed by atoms with Gasteiger partial charge in [-0.05, 0) is 81.3 Å². The quantitative estimate of drug-likeness (QED) is 0.316. The summed E-state index contributed by atoms with van der Waals surface area (Å²) in [6.07, 6.45) is 0.724. The predicted octanol–water partition coefficient (Wildman–Crippen LogP) is 5.18. The first-order valence-electron chi connectivity index (χ1n) is 13.0. The van der Waals surface area contributed by atoms with Gasteiger partial charge in [0.2, 0.25) is 11.8 Å². The monoisotopic (exact) mass is 585 g/mol. The van der Waals surface area contributed by atoms with E-state index in [1.807, 2.05) is 26.8 Å². The summed E-state index contributed by atoms with van der Waals surface area (Å²) >= 11 is 6.07. The Kier molecular flexibility index (Phi) is 10.6. The molecule has 2 atom stereocenters. The van der Waals surface area contributed by atoms with Crippen LogP contribution < -0.4 is 14.4 Å². The van der Waals surface area contributed by atoms with Crippen LogP contribution in [0.1, 0.15) is 38.3 Å². The maximum absolute atomic E-state index is 14.0. The van der Waals surface area contributed by atoms with Gasteiger partial charge in [-0.3, -0.25) is 13.9 Å². The minimum atomic E-state index is -4.14. The molecule has 0 saturated carbocycles. The second-order valence-electron chi connectivity index (χ2n) is 9.67. The molecule has 3 rings (SSSR count). The minimum absolute atomic E-state index is 0.0442. The van der Waals surface area contributed by atoms with Gasteiger partial charge >= 0.3 is 0 Å². The molecule has 2 unspecified atom stereocenters. The van der Waals surface area contributed by atoms with E-state index in [9.17, 15) is 18.0 Å². The molecule has 0 bridgehead atoms. The van der Waals surface area contributed by atoms with Gasteiger partial charge < -0.3 is 15.0 Å². The maximum atomic E-state index is 14.0. The fourth-order valence-electron chi connectivity index (χ4n) is 3.99. The molecule has 214 valence electrons. The van der Waals surface area contributed by atoms with Gasteiger partial charge in [-0.15, -0.1) is 0 Å². The number of hydrogen-bond acceptors (Lipinski definition) is 5. The summed E-state index contributed by atoms with van der Waals surface area (Å²) in [5.41, 5.74) is 1.91. The first kappa shape index (κ1) is 31.0. The molecule has 0 spiro atoms. The van der Waals surface area contributed by atoms with Crippen LogP contribution in [0.4, 0.5) is 5.69 Å². The molecule has 2 amide bonds. The molecule has 0 aromatic heterocycles. The average molecular weight is 586 g/mol. The number of nitrogens with one attached hydrogen (secondary N) is 1. The summed E-state index contributed by atoms with van der Waals surface area (Å²) < 4.78 is 34.1. The van der Waals surface area contributed by atoms with Crippen LogP contribution in [0.15, 0.2) is 77.7 Å². The topological polar surface area (TPSA) is 96.0 Å². The van der Waals surface area contributed by atoms with Gasteiger partial charge in [0.25, 0.3) is 10.0 Å². The molecular formula is C30H36ClN3O5S. The highest BCUT2D eigenvalue weighted by Crippen LogP contribution is 2.26. The van der Waals surface area contributed by atoms with E-state index in [4.69, 9.17) is 16.3 Å². The van der Waals surface area contributed by atoms with E-state index in [1.165, 1.54) is 17.0 Å². The number of halogens is 1. The van der Waals surface area contributed by atoms with E-state index >= 15 is 0 Å². The number of ether oxygens (including phenoxy) is 1. The lowest BCUT2D eigenvalue weighted by atomic mass is 10.1. The standard InChI is InChI=1S/C30H36ClN3O5S/c1-6-22(3)32-30(36)23(4)33(19-24-8-7-9-27(18-24)39-5)29(35)20-34(26-14-12-25(31)13-15-26)40(37,38)28-16-10-21(2)11-17-28/h7-18,22-23H,6,19-20H2,1-5H3,(H,32,36). The summed E-state index contributed by atoms with van der Waals surface area (Å²) in [5.74, 6) is -0.267. The SMILES string of the molecule is CCC(C)NC(=O)C(C)N(Cc1cccc(OC)c1)C(=O)CN(c1ccc(Cl)cc1)S(=O)(=O)c1ccc(C)cc1. The molecule has 10 heteroatoms. The molecule has 3 aromatic carbocycles. The lowest BCUT2D eigenvalue weighted by molar-refractivity contribution is -0.139. The van der Waals surface area contributed by atoms with E-state index in [0.29, 0.717) is 10.8 Å². The lowest BCUT2D eigenvalue weighted by Crippen LogP contribution is -2.52. The van der Waals surface area contributed by atoms with Crippen molar-refractivity contribution < 1.29 is 22.7 Å². The van der Waals surface area contributed by atoms with E-state index in [0.717, 1.165) is 21.9 Å². The Morgan fingerprint density at radius 2 is 1.65 bits per heavy atom. The third-order valence-electron chi connectivity index (χ3n) is 6.66. The molecule has 0 aliphatic rings. The number of nitrogens with zero attached hydrogens (tertiary/aromatic N) is 2. The van der Waals surface area contributed by atoms with Gasteiger partial charge in [0, 0.05) is 17.6 Å². The molecule has 0 aliphatic heterocycles. The highest BCUT2D eigenvalue weighted by molar-refractivity contribution is 7.92. The normalized spacial score (nSPS) is 12.8. The fraction of sp³-hybridized carbons (Fsp3) is 0.333. The smallest absolute Gasteiger partial charge is 0.264 e. The third kappa shape index (κ3) is 7.76. The van der Waals surface area contributed by atoms with Crippen molar-refractivity contribution in [3.63, 3.8) is 0 Å². The van der Waals surface area contributed by atoms with Gasteiger partial charge in [0.15, 0.2) is 0 Å². The lowest BCUT2D eigenvalue weighted by Gasteiger charge is -2.32. The number of anilines is 1. The van der Waals surface area contributed by atoms with Crippen LogP contribution in [0.5, 0.6) is 5.75 Å². The van der Waals surface area contributed by atoms with Gasteiger partial charge in [0.05, 0.1) is 17.7 Å². The molecule has 1 N–H and O–H groups in total. The van der Waals surface area contributed by atoms with E-state index in [1.54, 1.807) is 68.6 Å². The Balaban J connectivity index is 2.03. The first-order valence-corrected chi connectivity index (χ1v) is 14.9. The Labute approximate surface area is 241 Å². The summed E-state index contributed by atoms with van der Waals surface area (Å²) in [4.78, 5) is 28.5. The predicted molar refractivity (Wildman–Crippen MR) is 158 cm³/mol. The van der Waals surface area contributed by atoms with E-state index < -0.39 is 28.5 Å². The van der Waals surface area contributed by atoms with Gasteiger partial charge in [-0.25, -0.2) is 8.42 Å². The number of carbonyl (C=O) groups excluding carboxylic acids is 2. The highest BCUT2D eigenvalue weighted by atomic mass is 35.5. The van der Waals surface area contributed by atoms with Gasteiger partial charge in [0.1, 0.15) is 18.3 Å². The molecule has 0 radical (unpaired) electrons. The number of amides is 2. The Hall–Kier alpha value is -3.56. The van der Waals surface area contributed by atoms with Crippen molar-refractivity contribution in [2.75, 3.05) is 18.0 Å². The molecule has 8 nitrogen and oxygen atoms in total. The zero-order valence-corrected chi connectivity index (χ0v) is 25.0. The van der Waals surface area contributed by atoms with Crippen molar-refractivity contribution in [1.29, 1.82) is 0 Å². The number of aryl methyl sites for hydroxylation is 1. The molecule has 3 aromatic rings. The van der Waals surface area contributed by atoms with Crippen LogP contribution in [0.2, 0.25) is 5.02 Å². The van der Waals surface area contributed by atoms with Crippen LogP contribution >= 0.6 is 11.6 Å². The Morgan fingerprint density at radius 3 is 2.25 bits per heavy atom. The second-order valence-corrected chi connectivity index (χ2v) is 12.0. The molecule has 0 saturated heterocycles. The third-order valence-corrected chi connectivity index (χ3v) is 8.70. The largest absolute Gasteiger partial charge is 0.497 e. The number of rotatable bonds is 12. The zero-order valence-electron chi connectivity index (χ0n) is 23.4. The molecule has 0 fully saturated rings. The van der Waals surface area contributed by atoms with Crippen molar-refractivity contribution in [3.8, 4) is 5.75 Å². The Bertz CT molecular complexity index is 1410. The first-order chi connectivity index (χ1) is 19.0. The zero-order chi connectivity index (χ0) is 29.4. The van der Waals surface area contributed by atoms with Crippen LogP contribution in [-0.4, -0.2) is 50.9 Å². The summed E-state index contributed by atoms with van der Waals surface area (Å²) in [5, 5.41) is 3.35. The highest BCUT2D eigenvalue weighted by Gasteiger charge is 2.32. The van der Waals surface area contributed by atoms with Crippen molar-refractivity contribution in [2.24, 2.45) is 0 Å². The van der Waals surface area contributed by atoms with Crippen LogP contribution in [0, 0.1) is 6.92 Å². The van der Waals surface area contributed by atoms with E-state index in [2.05, 4.69) is 5.32 Å². The van der Waals surface area contributed by atoms with Crippen molar-refractivity contribution in [2.45, 2.75) is 57.6 Å². The minimum Gasteiger partial charge on any atom is -0.497 e. The number of sulfonamides is 1. The summed E-state index contributed by atoms with van der Waals surface area (Å²) in [7, 11) is -2.60. The number of benzene rings is 3.